The summed E-state index contributed by atoms with van der Waals surface area (Å²) in [7, 11) is -1.80. The monoisotopic (exact) mass is 152 g/mol. The Hall–Kier alpha value is 0.110. The SMILES string of the molecule is CO[P@]1(=O)OC[C@H](C)O1. The highest BCUT2D eigenvalue weighted by Gasteiger charge is 2.34. The lowest BCUT2D eigenvalue weighted by molar-refractivity contribution is 0.206. The van der Waals surface area contributed by atoms with Crippen LogP contribution in [0.4, 0.5) is 0 Å². The van der Waals surface area contributed by atoms with Crippen molar-refractivity contribution in [1.29, 1.82) is 0 Å². The third kappa shape index (κ3) is 1.52. The van der Waals surface area contributed by atoms with Crippen LogP contribution < -0.4 is 0 Å². The summed E-state index contributed by atoms with van der Waals surface area (Å²) in [5, 5.41) is 0. The fraction of sp³-hybridized carbons (Fsp3) is 1.00. The molecule has 0 aromatic rings. The topological polar surface area (TPSA) is 44.8 Å². The molecule has 54 valence electrons. The Labute approximate surface area is 53.7 Å². The van der Waals surface area contributed by atoms with Crippen LogP contribution >= 0.6 is 7.82 Å². The minimum absolute atomic E-state index is 0.115. The molecule has 1 heterocycles. The Kier molecular flexibility index (Phi) is 1.91. The molecule has 1 rings (SSSR count). The van der Waals surface area contributed by atoms with Crippen LogP contribution in [-0.4, -0.2) is 19.8 Å². The van der Waals surface area contributed by atoms with Gasteiger partial charge in [0.2, 0.25) is 0 Å². The van der Waals surface area contributed by atoms with Gasteiger partial charge >= 0.3 is 7.82 Å². The van der Waals surface area contributed by atoms with Crippen molar-refractivity contribution in [2.45, 2.75) is 13.0 Å². The van der Waals surface area contributed by atoms with Crippen LogP contribution in [0, 0.1) is 0 Å². The van der Waals surface area contributed by atoms with Crippen LogP contribution in [0.25, 0.3) is 0 Å². The van der Waals surface area contributed by atoms with E-state index in [0.717, 1.165) is 0 Å². The first-order valence-corrected chi connectivity index (χ1v) is 4.11. The Bertz CT molecular complexity index is 146. The second-order valence-corrected chi connectivity index (χ2v) is 3.57. The molecule has 0 radical (unpaired) electrons. The zero-order valence-electron chi connectivity index (χ0n) is 5.36. The maximum Gasteiger partial charge on any atom is 0.474 e. The lowest BCUT2D eigenvalue weighted by Crippen LogP contribution is -2.00. The second-order valence-electron chi connectivity index (χ2n) is 1.84. The van der Waals surface area contributed by atoms with E-state index >= 15 is 0 Å². The Morgan fingerprint density at radius 2 is 2.44 bits per heavy atom. The molecule has 1 saturated heterocycles. The smallest absolute Gasteiger partial charge is 0.290 e. The molecule has 5 heteroatoms. The highest BCUT2D eigenvalue weighted by Crippen LogP contribution is 2.53. The van der Waals surface area contributed by atoms with E-state index in [2.05, 4.69) is 4.52 Å². The molecule has 0 bridgehead atoms. The first-order chi connectivity index (χ1) is 4.16. The maximum absolute atomic E-state index is 10.9. The van der Waals surface area contributed by atoms with Gasteiger partial charge in [-0.25, -0.2) is 4.57 Å². The number of hydrogen-bond donors (Lipinski definition) is 0. The molecule has 0 aromatic carbocycles. The van der Waals surface area contributed by atoms with E-state index in [1.54, 1.807) is 6.92 Å². The van der Waals surface area contributed by atoms with Gasteiger partial charge in [-0.15, -0.1) is 0 Å². The van der Waals surface area contributed by atoms with Crippen LogP contribution in [0.5, 0.6) is 0 Å². The summed E-state index contributed by atoms with van der Waals surface area (Å²) >= 11 is 0. The standard InChI is InChI=1S/C4H9O4P/c1-4-3-7-9(5,6-2)8-4/h4H,3H2,1-2H3/t4-,9+/m0/s1. The maximum atomic E-state index is 10.9. The van der Waals surface area contributed by atoms with Crippen LogP contribution in [0.2, 0.25) is 0 Å². The number of hydrogen-bond acceptors (Lipinski definition) is 4. The van der Waals surface area contributed by atoms with Crippen molar-refractivity contribution in [3.8, 4) is 0 Å². The fourth-order valence-electron chi connectivity index (χ4n) is 0.573. The summed E-state index contributed by atoms with van der Waals surface area (Å²) in [6.07, 6.45) is -0.115. The van der Waals surface area contributed by atoms with Gasteiger partial charge in [-0.2, -0.15) is 0 Å². The van der Waals surface area contributed by atoms with E-state index in [4.69, 9.17) is 9.05 Å². The van der Waals surface area contributed by atoms with Gasteiger partial charge < -0.3 is 0 Å². The van der Waals surface area contributed by atoms with Crippen LogP contribution in [0.1, 0.15) is 6.92 Å². The normalized spacial score (nSPS) is 43.6. The van der Waals surface area contributed by atoms with Crippen molar-refractivity contribution in [2.24, 2.45) is 0 Å². The van der Waals surface area contributed by atoms with Gasteiger partial charge in [0.05, 0.1) is 12.7 Å². The Morgan fingerprint density at radius 1 is 1.78 bits per heavy atom. The zero-order chi connectivity index (χ0) is 6.91. The lowest BCUT2D eigenvalue weighted by atomic mass is 10.5. The highest BCUT2D eigenvalue weighted by molar-refractivity contribution is 7.48. The molecular weight excluding hydrogens is 143 g/mol. The van der Waals surface area contributed by atoms with E-state index in [9.17, 15) is 4.57 Å². The van der Waals surface area contributed by atoms with E-state index in [1.807, 2.05) is 0 Å². The van der Waals surface area contributed by atoms with Crippen molar-refractivity contribution in [1.82, 2.24) is 0 Å². The average Bonchev–Trinajstić information content (AvgIpc) is 2.13. The van der Waals surface area contributed by atoms with Crippen molar-refractivity contribution in [2.75, 3.05) is 13.7 Å². The largest absolute Gasteiger partial charge is 0.474 e. The van der Waals surface area contributed by atoms with Crippen molar-refractivity contribution in [3.63, 3.8) is 0 Å². The summed E-state index contributed by atoms with van der Waals surface area (Å²) in [4.78, 5) is 0. The molecular formula is C4H9O4P. The molecule has 1 aliphatic rings. The molecule has 1 aliphatic heterocycles. The van der Waals surface area contributed by atoms with Gasteiger partial charge in [0.25, 0.3) is 0 Å². The molecule has 0 aliphatic carbocycles. The van der Waals surface area contributed by atoms with Gasteiger partial charge in [0.1, 0.15) is 0 Å². The molecule has 2 atom stereocenters. The number of phosphoric ester groups is 1. The van der Waals surface area contributed by atoms with Gasteiger partial charge in [-0.3, -0.25) is 13.6 Å². The van der Waals surface area contributed by atoms with Crippen LogP contribution in [0.3, 0.4) is 0 Å². The zero-order valence-corrected chi connectivity index (χ0v) is 6.26. The van der Waals surface area contributed by atoms with E-state index in [-0.39, 0.29) is 6.10 Å². The third-order valence-electron chi connectivity index (χ3n) is 1.00. The van der Waals surface area contributed by atoms with E-state index in [1.165, 1.54) is 7.11 Å². The Morgan fingerprint density at radius 3 is 2.67 bits per heavy atom. The summed E-state index contributed by atoms with van der Waals surface area (Å²) in [6.45, 7) is 2.13. The summed E-state index contributed by atoms with van der Waals surface area (Å²) in [5.41, 5.74) is 0. The van der Waals surface area contributed by atoms with Crippen molar-refractivity contribution in [3.05, 3.63) is 0 Å². The minimum Gasteiger partial charge on any atom is -0.290 e. The predicted molar refractivity (Wildman–Crippen MR) is 31.1 cm³/mol. The van der Waals surface area contributed by atoms with Crippen LogP contribution in [0.15, 0.2) is 0 Å². The second kappa shape index (κ2) is 2.39. The number of rotatable bonds is 1. The molecule has 0 saturated carbocycles. The van der Waals surface area contributed by atoms with Gasteiger partial charge in [-0.1, -0.05) is 0 Å². The lowest BCUT2D eigenvalue weighted by Gasteiger charge is -2.04. The quantitative estimate of drug-likeness (QED) is 0.529. The molecule has 0 aromatic heterocycles. The number of phosphoric acid groups is 1. The Balaban J connectivity index is 2.55. The molecule has 0 unspecified atom stereocenters. The first-order valence-electron chi connectivity index (χ1n) is 2.65. The van der Waals surface area contributed by atoms with Crippen molar-refractivity contribution >= 4 is 7.82 Å². The molecule has 9 heavy (non-hydrogen) atoms. The average molecular weight is 152 g/mol. The molecule has 0 spiro atoms. The molecule has 0 N–H and O–H groups in total. The van der Waals surface area contributed by atoms with Gasteiger partial charge in [-0.05, 0) is 6.92 Å². The van der Waals surface area contributed by atoms with Crippen LogP contribution in [-0.2, 0) is 18.1 Å². The van der Waals surface area contributed by atoms with E-state index in [0.29, 0.717) is 6.61 Å². The molecule has 1 fully saturated rings. The summed E-state index contributed by atoms with van der Waals surface area (Å²) < 4.78 is 24.9. The minimum atomic E-state index is -3.11. The summed E-state index contributed by atoms with van der Waals surface area (Å²) in [6, 6.07) is 0. The van der Waals surface area contributed by atoms with E-state index < -0.39 is 7.82 Å². The van der Waals surface area contributed by atoms with Gasteiger partial charge in [0.15, 0.2) is 0 Å². The first kappa shape index (κ1) is 7.22. The van der Waals surface area contributed by atoms with Crippen molar-refractivity contribution < 1.29 is 18.1 Å². The van der Waals surface area contributed by atoms with Gasteiger partial charge in [0, 0.05) is 7.11 Å². The highest BCUT2D eigenvalue weighted by atomic mass is 31.2. The predicted octanol–water partition coefficient (Wildman–Crippen LogP) is 1.18. The molecule has 4 nitrogen and oxygen atoms in total. The fourth-order valence-corrected chi connectivity index (χ4v) is 1.72. The third-order valence-corrected chi connectivity index (χ3v) is 2.53. The summed E-state index contributed by atoms with van der Waals surface area (Å²) in [5.74, 6) is 0. The molecule has 0 amide bonds.